The molecule has 5 heteroatoms. The van der Waals surface area contributed by atoms with Crippen molar-refractivity contribution >= 4 is 15.4 Å². The second kappa shape index (κ2) is 22.5. The predicted octanol–water partition coefficient (Wildman–Crippen LogP) is 12.2. The van der Waals surface area contributed by atoms with Gasteiger partial charge in [0, 0.05) is 0 Å². The summed E-state index contributed by atoms with van der Waals surface area (Å²) < 4.78 is 20.5. The molecule has 0 aliphatic rings. The van der Waals surface area contributed by atoms with Crippen molar-refractivity contribution in [3.8, 4) is 67.5 Å². The fourth-order valence-electron chi connectivity index (χ4n) is 5.76. The van der Waals surface area contributed by atoms with Gasteiger partial charge < -0.3 is 18.9 Å². The molecule has 57 heavy (non-hydrogen) atoms. The summed E-state index contributed by atoms with van der Waals surface area (Å²) in [4.78, 5) is 0. The first-order valence-corrected chi connectivity index (χ1v) is 19.0. The highest BCUT2D eigenvalue weighted by Crippen LogP contribution is 2.24. The first-order chi connectivity index (χ1) is 28.0. The van der Waals surface area contributed by atoms with E-state index in [1.807, 2.05) is 121 Å². The first-order valence-electron chi connectivity index (χ1n) is 18.5. The van der Waals surface area contributed by atoms with Gasteiger partial charge in [-0.1, -0.05) is 169 Å². The molecular formula is C52H47O4Si. The lowest BCUT2D eigenvalue weighted by atomic mass is 10.1. The van der Waals surface area contributed by atoms with E-state index in [2.05, 4.69) is 101 Å². The number of hydrogen-bond donors (Lipinski definition) is 0. The summed E-state index contributed by atoms with van der Waals surface area (Å²) in [5.74, 6) is 3.54. The van der Waals surface area contributed by atoms with Crippen LogP contribution in [-0.4, -0.2) is 38.7 Å². The van der Waals surface area contributed by atoms with Gasteiger partial charge >= 0.3 is 0 Å². The van der Waals surface area contributed by atoms with E-state index in [1.165, 1.54) is 44.5 Å². The molecule has 8 aromatic rings. The average molecular weight is 764 g/mol. The van der Waals surface area contributed by atoms with E-state index in [0.717, 1.165) is 28.2 Å². The van der Waals surface area contributed by atoms with Gasteiger partial charge in [-0.3, -0.25) is 0 Å². The van der Waals surface area contributed by atoms with Crippen LogP contribution in [0.1, 0.15) is 0 Å². The molecule has 0 bridgehead atoms. The molecule has 0 spiro atoms. The minimum atomic E-state index is 0.861. The van der Waals surface area contributed by atoms with Gasteiger partial charge in [-0.2, -0.15) is 0 Å². The van der Waals surface area contributed by atoms with Crippen LogP contribution in [0.2, 0.25) is 0 Å². The fourth-order valence-corrected chi connectivity index (χ4v) is 6.13. The van der Waals surface area contributed by atoms with Crippen LogP contribution in [0.5, 0.6) is 23.0 Å². The van der Waals surface area contributed by atoms with Gasteiger partial charge in [0.2, 0.25) is 0 Å². The number of benzene rings is 8. The molecule has 283 valence electrons. The van der Waals surface area contributed by atoms with E-state index in [0.29, 0.717) is 0 Å². The molecule has 3 radical (unpaired) electrons. The highest BCUT2D eigenvalue weighted by atomic mass is 28.1. The monoisotopic (exact) mass is 763 g/mol. The van der Waals surface area contributed by atoms with Gasteiger partial charge in [0.25, 0.3) is 0 Å². The molecule has 0 fully saturated rings. The molecule has 4 nitrogen and oxygen atoms in total. The van der Waals surface area contributed by atoms with Crippen molar-refractivity contribution in [3.05, 3.63) is 212 Å². The quantitative estimate of drug-likeness (QED) is 0.144. The van der Waals surface area contributed by atoms with Gasteiger partial charge in [-0.05, 0) is 93.0 Å². The van der Waals surface area contributed by atoms with Crippen LogP contribution in [0.3, 0.4) is 0 Å². The third-order valence-electron chi connectivity index (χ3n) is 8.90. The Morgan fingerprint density at radius 1 is 0.263 bits per heavy atom. The average Bonchev–Trinajstić information content (AvgIpc) is 3.31. The molecular weight excluding hydrogens is 717 g/mol. The summed E-state index contributed by atoms with van der Waals surface area (Å²) in [5.41, 5.74) is 9.71. The maximum absolute atomic E-state index is 5.15. The van der Waals surface area contributed by atoms with E-state index < -0.39 is 0 Å². The molecule has 0 aliphatic carbocycles. The second-order valence-electron chi connectivity index (χ2n) is 12.6. The smallest absolute Gasteiger partial charge is 0.118 e. The zero-order chi connectivity index (χ0) is 40.1. The van der Waals surface area contributed by atoms with E-state index >= 15 is 0 Å². The normalized spacial score (nSPS) is 9.84. The van der Waals surface area contributed by atoms with Gasteiger partial charge in [0.1, 0.15) is 23.0 Å². The zero-order valence-corrected chi connectivity index (χ0v) is 33.8. The number of rotatable bonds is 8. The Bertz CT molecular complexity index is 2100. The van der Waals surface area contributed by atoms with E-state index in [1.54, 1.807) is 28.4 Å². The summed E-state index contributed by atoms with van der Waals surface area (Å²) in [5, 5.41) is 1.04. The number of ether oxygens (including phenoxy) is 4. The van der Waals surface area contributed by atoms with E-state index in [4.69, 9.17) is 18.9 Å². The van der Waals surface area contributed by atoms with Crippen LogP contribution < -0.4 is 24.1 Å². The molecule has 0 aliphatic heterocycles. The van der Waals surface area contributed by atoms with Crippen LogP contribution in [0, 0.1) is 0 Å². The van der Waals surface area contributed by atoms with Crippen LogP contribution >= 0.6 is 0 Å². The fraction of sp³-hybridized carbons (Fsp3) is 0.0769. The SMILES string of the molecule is COc1ccc(-c2ccccc2)c([Si])c1.COc1ccc(-c2ccccc2)cc1.COc1ccc(-c2ccccc2)cc1.COc1ccc(-c2ccccc2)cc1. The molecule has 8 aromatic carbocycles. The molecule has 0 unspecified atom stereocenters. The molecule has 0 heterocycles. The van der Waals surface area contributed by atoms with Crippen LogP contribution in [-0.2, 0) is 0 Å². The van der Waals surface area contributed by atoms with Gasteiger partial charge in [0.15, 0.2) is 0 Å². The lowest BCUT2D eigenvalue weighted by Gasteiger charge is -2.07. The summed E-state index contributed by atoms with van der Waals surface area (Å²) in [6.07, 6.45) is 0. The first kappa shape index (κ1) is 41.3. The molecule has 0 atom stereocenters. The summed E-state index contributed by atoms with van der Waals surface area (Å²) in [6, 6.07) is 71.4. The van der Waals surface area contributed by atoms with Crippen molar-refractivity contribution in [3.63, 3.8) is 0 Å². The Morgan fingerprint density at radius 2 is 0.509 bits per heavy atom. The number of hydrogen-bond acceptors (Lipinski definition) is 4. The van der Waals surface area contributed by atoms with Crippen molar-refractivity contribution in [1.82, 2.24) is 0 Å². The molecule has 0 aromatic heterocycles. The third-order valence-corrected chi connectivity index (χ3v) is 9.32. The maximum Gasteiger partial charge on any atom is 0.118 e. The van der Waals surface area contributed by atoms with Gasteiger partial charge in [-0.15, -0.1) is 0 Å². The van der Waals surface area contributed by atoms with Crippen molar-refractivity contribution in [2.45, 2.75) is 0 Å². The van der Waals surface area contributed by atoms with Gasteiger partial charge in [-0.25, -0.2) is 0 Å². The summed E-state index contributed by atoms with van der Waals surface area (Å²) in [6.45, 7) is 0. The molecule has 8 rings (SSSR count). The van der Waals surface area contributed by atoms with Crippen LogP contribution in [0.4, 0.5) is 0 Å². The van der Waals surface area contributed by atoms with Crippen molar-refractivity contribution in [2.75, 3.05) is 28.4 Å². The molecule has 0 saturated carbocycles. The lowest BCUT2D eigenvalue weighted by molar-refractivity contribution is 0.415. The molecule has 0 amide bonds. The predicted molar refractivity (Wildman–Crippen MR) is 239 cm³/mol. The van der Waals surface area contributed by atoms with Crippen LogP contribution in [0.15, 0.2) is 212 Å². The maximum atomic E-state index is 5.15. The van der Waals surface area contributed by atoms with Gasteiger partial charge in [0.05, 0.1) is 38.7 Å². The minimum absolute atomic E-state index is 0.861. The molecule has 0 N–H and O–H groups in total. The zero-order valence-electron chi connectivity index (χ0n) is 32.8. The Labute approximate surface area is 341 Å². The van der Waals surface area contributed by atoms with E-state index in [-0.39, 0.29) is 0 Å². The second-order valence-corrected chi connectivity index (χ2v) is 13.1. The van der Waals surface area contributed by atoms with E-state index in [9.17, 15) is 0 Å². The summed E-state index contributed by atoms with van der Waals surface area (Å²) >= 11 is 0. The van der Waals surface area contributed by atoms with Crippen molar-refractivity contribution < 1.29 is 18.9 Å². The third kappa shape index (κ3) is 12.9. The Morgan fingerprint density at radius 3 is 0.772 bits per heavy atom. The lowest BCUT2D eigenvalue weighted by Crippen LogP contribution is -2.06. The topological polar surface area (TPSA) is 36.9 Å². The highest BCUT2D eigenvalue weighted by molar-refractivity contribution is 6.36. The largest absolute Gasteiger partial charge is 0.497 e. The Hall–Kier alpha value is -6.82. The Balaban J connectivity index is 0.000000145. The Kier molecular flexibility index (Phi) is 16.3. The standard InChI is InChI=1S/C13H11OSi.3C13H12O/c1-14-11-7-8-12(13(15)9-11)10-5-3-2-4-6-10;3*1-14-13-9-7-12(8-10-13)11-5-3-2-4-6-11/h2-9H,1H3;3*2-10H,1H3. The number of methoxy groups -OCH3 is 4. The van der Waals surface area contributed by atoms with Crippen molar-refractivity contribution in [1.29, 1.82) is 0 Å². The minimum Gasteiger partial charge on any atom is -0.497 e. The van der Waals surface area contributed by atoms with Crippen LogP contribution in [0.25, 0.3) is 44.5 Å². The van der Waals surface area contributed by atoms with Crippen molar-refractivity contribution in [2.24, 2.45) is 0 Å². The highest BCUT2D eigenvalue weighted by Gasteiger charge is 2.02. The molecule has 0 saturated heterocycles. The summed E-state index contributed by atoms with van der Waals surface area (Å²) in [7, 11) is 10.3.